The number of carbonyl (C=O) groups is 2. The number of phenols is 1. The van der Waals surface area contributed by atoms with E-state index >= 15 is 0 Å². The van der Waals surface area contributed by atoms with Crippen LogP contribution in [0.15, 0.2) is 72.8 Å². The molecule has 6 nitrogen and oxygen atoms in total. The number of hydrogen-bond donors (Lipinski definition) is 3. The molecule has 0 radical (unpaired) electrons. The van der Waals surface area contributed by atoms with E-state index in [1.54, 1.807) is 24.3 Å². The van der Waals surface area contributed by atoms with Gasteiger partial charge in [-0.05, 0) is 48.0 Å². The second-order valence-corrected chi connectivity index (χ2v) is 6.94. The summed E-state index contributed by atoms with van der Waals surface area (Å²) in [5.41, 5.74) is 1.51. The number of phenolic OH excluding ortho intramolecular Hbond substituents is 1. The SMILES string of the molecule is O=C(CCOc1ccccc1)NCc1ccc(C(=O)Nc2cc(Cl)ccc2O)cc1. The summed E-state index contributed by atoms with van der Waals surface area (Å²) in [4.78, 5) is 24.3. The highest BCUT2D eigenvalue weighted by molar-refractivity contribution is 6.31. The highest BCUT2D eigenvalue weighted by Crippen LogP contribution is 2.27. The molecule has 0 aliphatic carbocycles. The Morgan fingerprint density at radius 2 is 1.70 bits per heavy atom. The van der Waals surface area contributed by atoms with Crippen LogP contribution in [-0.4, -0.2) is 23.5 Å². The molecular formula is C23H21ClN2O4. The van der Waals surface area contributed by atoms with E-state index in [4.69, 9.17) is 16.3 Å². The van der Waals surface area contributed by atoms with E-state index in [9.17, 15) is 14.7 Å². The zero-order valence-electron chi connectivity index (χ0n) is 16.1. The number of halogens is 1. The number of amides is 2. The van der Waals surface area contributed by atoms with Gasteiger partial charge in [-0.1, -0.05) is 41.9 Å². The molecule has 0 saturated carbocycles. The van der Waals surface area contributed by atoms with Crippen LogP contribution in [0.3, 0.4) is 0 Å². The average Bonchev–Trinajstić information content (AvgIpc) is 2.76. The van der Waals surface area contributed by atoms with Crippen LogP contribution in [0.1, 0.15) is 22.3 Å². The number of rotatable bonds is 8. The number of ether oxygens (including phenoxy) is 1. The number of carbonyl (C=O) groups excluding carboxylic acids is 2. The minimum atomic E-state index is -0.374. The van der Waals surface area contributed by atoms with Gasteiger partial charge in [0.1, 0.15) is 11.5 Å². The monoisotopic (exact) mass is 424 g/mol. The zero-order chi connectivity index (χ0) is 21.3. The fourth-order valence-electron chi connectivity index (χ4n) is 2.64. The summed E-state index contributed by atoms with van der Waals surface area (Å²) in [5, 5.41) is 15.6. The van der Waals surface area contributed by atoms with Gasteiger partial charge in [-0.25, -0.2) is 0 Å². The van der Waals surface area contributed by atoms with E-state index < -0.39 is 0 Å². The summed E-state index contributed by atoms with van der Waals surface area (Å²) in [6, 6.07) is 20.5. The van der Waals surface area contributed by atoms with E-state index in [1.807, 2.05) is 30.3 Å². The molecule has 3 N–H and O–H groups in total. The molecule has 0 atom stereocenters. The van der Waals surface area contributed by atoms with Crippen molar-refractivity contribution in [2.75, 3.05) is 11.9 Å². The normalized spacial score (nSPS) is 10.3. The van der Waals surface area contributed by atoms with Crippen molar-refractivity contribution in [3.8, 4) is 11.5 Å². The zero-order valence-corrected chi connectivity index (χ0v) is 16.9. The first-order valence-electron chi connectivity index (χ1n) is 9.34. The summed E-state index contributed by atoms with van der Waals surface area (Å²) >= 11 is 5.89. The van der Waals surface area contributed by atoms with Gasteiger partial charge in [0.15, 0.2) is 0 Å². The van der Waals surface area contributed by atoms with E-state index in [0.29, 0.717) is 23.7 Å². The van der Waals surface area contributed by atoms with Crippen molar-refractivity contribution < 1.29 is 19.4 Å². The Hall–Kier alpha value is -3.51. The molecule has 0 unspecified atom stereocenters. The van der Waals surface area contributed by atoms with Crippen LogP contribution in [0, 0.1) is 0 Å². The Morgan fingerprint density at radius 1 is 0.967 bits per heavy atom. The van der Waals surface area contributed by atoms with Crippen LogP contribution in [0.4, 0.5) is 5.69 Å². The van der Waals surface area contributed by atoms with Gasteiger partial charge < -0.3 is 20.5 Å². The molecule has 0 aliphatic heterocycles. The van der Waals surface area contributed by atoms with E-state index in [2.05, 4.69) is 10.6 Å². The lowest BCUT2D eigenvalue weighted by molar-refractivity contribution is -0.121. The molecule has 3 rings (SSSR count). The lowest BCUT2D eigenvalue weighted by atomic mass is 10.1. The molecule has 3 aromatic carbocycles. The third-order valence-electron chi connectivity index (χ3n) is 4.25. The van der Waals surface area contributed by atoms with Crippen LogP contribution in [0.5, 0.6) is 11.5 Å². The Balaban J connectivity index is 1.45. The van der Waals surface area contributed by atoms with Crippen LogP contribution in [0.2, 0.25) is 5.02 Å². The standard InChI is InChI=1S/C23H21ClN2O4/c24-18-10-11-21(27)20(14-18)26-23(29)17-8-6-16(7-9-17)15-25-22(28)12-13-30-19-4-2-1-3-5-19/h1-11,14,27H,12-13,15H2,(H,25,28)(H,26,29). The Morgan fingerprint density at radius 3 is 2.43 bits per heavy atom. The van der Waals surface area contributed by atoms with Crippen LogP contribution >= 0.6 is 11.6 Å². The summed E-state index contributed by atoms with van der Waals surface area (Å²) in [6.45, 7) is 0.645. The maximum absolute atomic E-state index is 12.3. The largest absolute Gasteiger partial charge is 0.506 e. The van der Waals surface area contributed by atoms with Gasteiger partial charge >= 0.3 is 0 Å². The Kier molecular flexibility index (Phi) is 7.29. The van der Waals surface area contributed by atoms with Gasteiger partial charge in [0, 0.05) is 17.1 Å². The second kappa shape index (κ2) is 10.3. The molecule has 0 bridgehead atoms. The molecule has 0 fully saturated rings. The van der Waals surface area contributed by atoms with Crippen LogP contribution < -0.4 is 15.4 Å². The van der Waals surface area contributed by atoms with Crippen molar-refractivity contribution in [2.45, 2.75) is 13.0 Å². The summed E-state index contributed by atoms with van der Waals surface area (Å²) in [7, 11) is 0. The van der Waals surface area contributed by atoms with Gasteiger partial charge in [0.25, 0.3) is 5.91 Å². The van der Waals surface area contributed by atoms with Gasteiger partial charge in [0.05, 0.1) is 18.7 Å². The highest BCUT2D eigenvalue weighted by Gasteiger charge is 2.10. The van der Waals surface area contributed by atoms with Gasteiger partial charge in [-0.3, -0.25) is 9.59 Å². The number of nitrogens with one attached hydrogen (secondary N) is 2. The van der Waals surface area contributed by atoms with Gasteiger partial charge in [-0.2, -0.15) is 0 Å². The minimum Gasteiger partial charge on any atom is -0.506 e. The topological polar surface area (TPSA) is 87.7 Å². The fourth-order valence-corrected chi connectivity index (χ4v) is 2.82. The number of anilines is 1. The number of aromatic hydroxyl groups is 1. The first-order chi connectivity index (χ1) is 14.5. The van der Waals surface area contributed by atoms with Crippen molar-refractivity contribution in [1.82, 2.24) is 5.32 Å². The smallest absolute Gasteiger partial charge is 0.255 e. The predicted molar refractivity (Wildman–Crippen MR) is 116 cm³/mol. The molecular weight excluding hydrogens is 404 g/mol. The molecule has 2 amide bonds. The van der Waals surface area contributed by atoms with Gasteiger partial charge in [-0.15, -0.1) is 0 Å². The first kappa shape index (κ1) is 21.2. The van der Waals surface area contributed by atoms with Crippen LogP contribution in [-0.2, 0) is 11.3 Å². The quantitative estimate of drug-likeness (QED) is 0.468. The molecule has 0 spiro atoms. The molecule has 0 aliphatic rings. The molecule has 0 heterocycles. The van der Waals surface area contributed by atoms with Crippen LogP contribution in [0.25, 0.3) is 0 Å². The maximum Gasteiger partial charge on any atom is 0.255 e. The van der Waals surface area contributed by atoms with Crippen molar-refractivity contribution in [2.24, 2.45) is 0 Å². The average molecular weight is 425 g/mol. The first-order valence-corrected chi connectivity index (χ1v) is 9.72. The molecule has 30 heavy (non-hydrogen) atoms. The number of para-hydroxylation sites is 1. The summed E-state index contributed by atoms with van der Waals surface area (Å²) in [6.07, 6.45) is 0.249. The lowest BCUT2D eigenvalue weighted by Gasteiger charge is -2.09. The second-order valence-electron chi connectivity index (χ2n) is 6.50. The van der Waals surface area contributed by atoms with E-state index in [0.717, 1.165) is 11.3 Å². The number of hydrogen-bond acceptors (Lipinski definition) is 4. The number of benzene rings is 3. The molecule has 154 valence electrons. The minimum absolute atomic E-state index is 0.0664. The highest BCUT2D eigenvalue weighted by atomic mass is 35.5. The van der Waals surface area contributed by atoms with Crippen molar-refractivity contribution in [3.05, 3.63) is 88.9 Å². The predicted octanol–water partition coefficient (Wildman–Crippen LogP) is 4.38. The maximum atomic E-state index is 12.3. The van der Waals surface area contributed by atoms with E-state index in [-0.39, 0.29) is 29.7 Å². The van der Waals surface area contributed by atoms with Crippen molar-refractivity contribution >= 4 is 29.1 Å². The van der Waals surface area contributed by atoms with E-state index in [1.165, 1.54) is 18.2 Å². The van der Waals surface area contributed by atoms with Crippen molar-refractivity contribution in [3.63, 3.8) is 0 Å². The Bertz CT molecular complexity index is 1010. The fraction of sp³-hybridized carbons (Fsp3) is 0.130. The molecule has 0 saturated heterocycles. The summed E-state index contributed by atoms with van der Waals surface area (Å²) < 4.78 is 5.50. The molecule has 7 heteroatoms. The lowest BCUT2D eigenvalue weighted by Crippen LogP contribution is -2.24. The molecule has 3 aromatic rings. The summed E-state index contributed by atoms with van der Waals surface area (Å²) in [5.74, 6) is 0.166. The Labute approximate surface area is 179 Å². The molecule has 0 aromatic heterocycles. The van der Waals surface area contributed by atoms with Crippen molar-refractivity contribution in [1.29, 1.82) is 0 Å². The van der Waals surface area contributed by atoms with Gasteiger partial charge in [0.2, 0.25) is 5.91 Å². The third-order valence-corrected chi connectivity index (χ3v) is 4.49. The third kappa shape index (κ3) is 6.25.